The summed E-state index contributed by atoms with van der Waals surface area (Å²) in [5.74, 6) is -0.498. The second-order valence-corrected chi connectivity index (χ2v) is 5.80. The molecule has 1 heterocycles. The number of aromatic nitrogens is 2. The average molecular weight is 336 g/mol. The van der Waals surface area contributed by atoms with Crippen molar-refractivity contribution >= 4 is 17.5 Å². The van der Waals surface area contributed by atoms with E-state index < -0.39 is 28.6 Å². The van der Waals surface area contributed by atoms with E-state index >= 15 is 0 Å². The standard InChI is InChI=1S/C14H17ClF3N3O/c15-13-20-8-10(11(21-13)14(16,17)18)12(22)19-7-9-5-3-1-2-4-6-9/h8-9H,1-7H2,(H,19,22). The van der Waals surface area contributed by atoms with Gasteiger partial charge >= 0.3 is 6.18 Å². The fraction of sp³-hybridized carbons (Fsp3) is 0.643. The van der Waals surface area contributed by atoms with Gasteiger partial charge in [-0.05, 0) is 30.4 Å². The van der Waals surface area contributed by atoms with Crippen LogP contribution in [0.5, 0.6) is 0 Å². The Labute approximate surface area is 131 Å². The second-order valence-electron chi connectivity index (χ2n) is 5.47. The van der Waals surface area contributed by atoms with Gasteiger partial charge in [0.05, 0.1) is 5.56 Å². The molecule has 0 saturated heterocycles. The molecule has 1 aliphatic carbocycles. The predicted molar refractivity (Wildman–Crippen MR) is 75.6 cm³/mol. The average Bonchev–Trinajstić information content (AvgIpc) is 2.72. The minimum atomic E-state index is -4.75. The van der Waals surface area contributed by atoms with Gasteiger partial charge in [0.1, 0.15) is 0 Å². The van der Waals surface area contributed by atoms with Gasteiger partial charge in [0, 0.05) is 12.7 Å². The number of halogens is 4. The topological polar surface area (TPSA) is 54.9 Å². The van der Waals surface area contributed by atoms with E-state index in [2.05, 4.69) is 15.3 Å². The van der Waals surface area contributed by atoms with E-state index in [4.69, 9.17) is 11.6 Å². The molecule has 0 aliphatic heterocycles. The molecule has 1 saturated carbocycles. The van der Waals surface area contributed by atoms with Crippen LogP contribution in [0.15, 0.2) is 6.20 Å². The summed E-state index contributed by atoms with van der Waals surface area (Å²) in [4.78, 5) is 18.6. The summed E-state index contributed by atoms with van der Waals surface area (Å²) >= 11 is 5.39. The molecule has 1 N–H and O–H groups in total. The summed E-state index contributed by atoms with van der Waals surface area (Å²) in [6.07, 6.45) is 2.59. The quantitative estimate of drug-likeness (QED) is 0.674. The van der Waals surface area contributed by atoms with E-state index in [0.29, 0.717) is 12.5 Å². The highest BCUT2D eigenvalue weighted by atomic mass is 35.5. The molecule has 1 aromatic heterocycles. The molecule has 4 nitrogen and oxygen atoms in total. The zero-order valence-electron chi connectivity index (χ0n) is 11.9. The number of carbonyl (C=O) groups excluding carboxylic acids is 1. The van der Waals surface area contributed by atoms with E-state index in [1.807, 2.05) is 0 Å². The zero-order valence-corrected chi connectivity index (χ0v) is 12.7. The molecule has 1 aromatic rings. The monoisotopic (exact) mass is 335 g/mol. The smallest absolute Gasteiger partial charge is 0.352 e. The lowest BCUT2D eigenvalue weighted by atomic mass is 10.0. The highest BCUT2D eigenvalue weighted by Crippen LogP contribution is 2.31. The summed E-state index contributed by atoms with van der Waals surface area (Å²) in [6.45, 7) is 0.374. The second kappa shape index (κ2) is 7.26. The molecule has 0 atom stereocenters. The summed E-state index contributed by atoms with van der Waals surface area (Å²) in [7, 11) is 0. The molecule has 0 bridgehead atoms. The maximum Gasteiger partial charge on any atom is 0.434 e. The van der Waals surface area contributed by atoms with Crippen LogP contribution in [0.3, 0.4) is 0 Å². The molecule has 1 aliphatic rings. The third-order valence-corrected chi connectivity index (χ3v) is 3.98. The summed E-state index contributed by atoms with van der Waals surface area (Å²) in [5.41, 5.74) is -1.89. The van der Waals surface area contributed by atoms with Crippen LogP contribution in [-0.4, -0.2) is 22.4 Å². The van der Waals surface area contributed by atoms with Gasteiger partial charge < -0.3 is 5.32 Å². The summed E-state index contributed by atoms with van der Waals surface area (Å²) in [6, 6.07) is 0. The third-order valence-electron chi connectivity index (χ3n) is 3.80. The van der Waals surface area contributed by atoms with Crippen molar-refractivity contribution in [2.24, 2.45) is 5.92 Å². The van der Waals surface area contributed by atoms with Crippen LogP contribution < -0.4 is 5.32 Å². The molecule has 8 heteroatoms. The third kappa shape index (κ3) is 4.56. The first-order chi connectivity index (χ1) is 10.4. The summed E-state index contributed by atoms with van der Waals surface area (Å²) < 4.78 is 38.7. The van der Waals surface area contributed by atoms with E-state index in [1.54, 1.807) is 0 Å². The highest BCUT2D eigenvalue weighted by molar-refractivity contribution is 6.28. The van der Waals surface area contributed by atoms with Crippen LogP contribution >= 0.6 is 11.6 Å². The number of nitrogens with zero attached hydrogens (tertiary/aromatic N) is 2. The Balaban J connectivity index is 2.06. The Kier molecular flexibility index (Phi) is 5.61. The lowest BCUT2D eigenvalue weighted by molar-refractivity contribution is -0.141. The number of nitrogens with one attached hydrogen (secondary N) is 1. The molecular weight excluding hydrogens is 319 g/mol. The fourth-order valence-electron chi connectivity index (χ4n) is 2.64. The Morgan fingerprint density at radius 2 is 1.91 bits per heavy atom. The van der Waals surface area contributed by atoms with Crippen molar-refractivity contribution in [2.75, 3.05) is 6.54 Å². The normalized spacial score (nSPS) is 17.1. The molecule has 0 aromatic carbocycles. The number of carbonyl (C=O) groups is 1. The fourth-order valence-corrected chi connectivity index (χ4v) is 2.78. The van der Waals surface area contributed by atoms with Gasteiger partial charge in [-0.25, -0.2) is 9.97 Å². The van der Waals surface area contributed by atoms with Crippen molar-refractivity contribution in [1.29, 1.82) is 0 Å². The van der Waals surface area contributed by atoms with Gasteiger partial charge in [-0.15, -0.1) is 0 Å². The van der Waals surface area contributed by atoms with E-state index in [-0.39, 0.29) is 0 Å². The number of hydrogen-bond acceptors (Lipinski definition) is 3. The van der Waals surface area contributed by atoms with E-state index in [1.165, 1.54) is 12.8 Å². The van der Waals surface area contributed by atoms with Gasteiger partial charge in [-0.1, -0.05) is 25.7 Å². The van der Waals surface area contributed by atoms with Crippen molar-refractivity contribution in [3.05, 3.63) is 22.7 Å². The molecule has 0 spiro atoms. The lowest BCUT2D eigenvalue weighted by Gasteiger charge is -2.16. The molecule has 2 rings (SSSR count). The maximum absolute atomic E-state index is 12.9. The minimum Gasteiger partial charge on any atom is -0.352 e. The predicted octanol–water partition coefficient (Wildman–Crippen LogP) is 3.85. The Bertz CT molecular complexity index is 529. The maximum atomic E-state index is 12.9. The van der Waals surface area contributed by atoms with E-state index in [0.717, 1.165) is 31.9 Å². The Morgan fingerprint density at radius 3 is 2.50 bits per heavy atom. The molecule has 1 fully saturated rings. The highest BCUT2D eigenvalue weighted by Gasteiger charge is 2.38. The van der Waals surface area contributed by atoms with Crippen LogP contribution in [-0.2, 0) is 6.18 Å². The molecule has 0 radical (unpaired) electrons. The molecule has 1 amide bonds. The Hall–Kier alpha value is -1.37. The number of alkyl halides is 3. The molecular formula is C14H17ClF3N3O. The molecule has 122 valence electrons. The van der Waals surface area contributed by atoms with Gasteiger partial charge in [-0.3, -0.25) is 4.79 Å². The zero-order chi connectivity index (χ0) is 16.2. The van der Waals surface area contributed by atoms with Gasteiger partial charge in [0.15, 0.2) is 5.69 Å². The van der Waals surface area contributed by atoms with Gasteiger partial charge in [-0.2, -0.15) is 13.2 Å². The molecule has 0 unspecified atom stereocenters. The lowest BCUT2D eigenvalue weighted by Crippen LogP contribution is -2.31. The van der Waals surface area contributed by atoms with Crippen molar-refractivity contribution in [3.63, 3.8) is 0 Å². The van der Waals surface area contributed by atoms with Gasteiger partial charge in [0.25, 0.3) is 5.91 Å². The van der Waals surface area contributed by atoms with Crippen LogP contribution in [0.4, 0.5) is 13.2 Å². The number of rotatable bonds is 3. The first-order valence-corrected chi connectivity index (χ1v) is 7.63. The molecule has 22 heavy (non-hydrogen) atoms. The van der Waals surface area contributed by atoms with Crippen molar-refractivity contribution in [3.8, 4) is 0 Å². The van der Waals surface area contributed by atoms with Crippen LogP contribution in [0.25, 0.3) is 0 Å². The first-order valence-electron chi connectivity index (χ1n) is 7.26. The van der Waals surface area contributed by atoms with Crippen LogP contribution in [0.2, 0.25) is 5.28 Å². The first kappa shape index (κ1) is 17.0. The Morgan fingerprint density at radius 1 is 1.27 bits per heavy atom. The van der Waals surface area contributed by atoms with Crippen molar-refractivity contribution < 1.29 is 18.0 Å². The SMILES string of the molecule is O=C(NCC1CCCCCC1)c1cnc(Cl)nc1C(F)(F)F. The number of amides is 1. The largest absolute Gasteiger partial charge is 0.434 e. The minimum absolute atomic E-state index is 0.314. The van der Waals surface area contributed by atoms with Crippen LogP contribution in [0, 0.1) is 5.92 Å². The summed E-state index contributed by atoms with van der Waals surface area (Å²) in [5, 5.41) is 2.03. The van der Waals surface area contributed by atoms with Crippen molar-refractivity contribution in [1.82, 2.24) is 15.3 Å². The number of hydrogen-bond donors (Lipinski definition) is 1. The van der Waals surface area contributed by atoms with E-state index in [9.17, 15) is 18.0 Å². The van der Waals surface area contributed by atoms with Crippen molar-refractivity contribution in [2.45, 2.75) is 44.7 Å². The van der Waals surface area contributed by atoms with Crippen LogP contribution in [0.1, 0.15) is 54.6 Å². The van der Waals surface area contributed by atoms with Gasteiger partial charge in [0.2, 0.25) is 5.28 Å².